The van der Waals surface area contributed by atoms with E-state index in [-0.39, 0.29) is 11.7 Å². The largest absolute Gasteiger partial charge is 0.390 e. The summed E-state index contributed by atoms with van der Waals surface area (Å²) in [5.41, 5.74) is 0. The topological polar surface area (TPSA) is 57.5 Å². The molecule has 0 radical (unpaired) electrons. The predicted octanol–water partition coefficient (Wildman–Crippen LogP) is 0.343. The summed E-state index contributed by atoms with van der Waals surface area (Å²) in [4.78, 5) is 11.0. The molecule has 3 heteroatoms. The number of carbonyl (C=O) groups excluding carboxylic acids is 1. The first kappa shape index (κ1) is 10.6. The summed E-state index contributed by atoms with van der Waals surface area (Å²) in [5, 5.41) is 18.2. The zero-order valence-corrected chi connectivity index (χ0v) is 7.24. The van der Waals surface area contributed by atoms with Crippen LogP contribution in [0.5, 0.6) is 0 Å². The fourth-order valence-electron chi connectivity index (χ4n) is 0.754. The number of ketones is 1. The van der Waals surface area contributed by atoms with Gasteiger partial charge in [0.05, 0.1) is 6.10 Å². The molecule has 0 aliphatic carbocycles. The number of aliphatic hydroxyl groups excluding tert-OH is 2. The van der Waals surface area contributed by atoms with E-state index >= 15 is 0 Å². The Morgan fingerprint density at radius 3 is 2.09 bits per heavy atom. The van der Waals surface area contributed by atoms with Gasteiger partial charge >= 0.3 is 0 Å². The normalized spacial score (nSPS) is 16.5. The molecular formula is C8H16O3. The maximum atomic E-state index is 11.0. The van der Waals surface area contributed by atoms with Gasteiger partial charge in [0.15, 0.2) is 5.78 Å². The molecule has 0 aliphatic heterocycles. The highest BCUT2D eigenvalue weighted by Gasteiger charge is 2.24. The highest BCUT2D eigenvalue weighted by atomic mass is 16.3. The van der Waals surface area contributed by atoms with Gasteiger partial charge in [0.1, 0.15) is 6.10 Å². The van der Waals surface area contributed by atoms with Crippen molar-refractivity contribution in [2.45, 2.75) is 39.4 Å². The molecule has 0 amide bonds. The van der Waals surface area contributed by atoms with Gasteiger partial charge in [-0.2, -0.15) is 0 Å². The average molecular weight is 160 g/mol. The summed E-state index contributed by atoms with van der Waals surface area (Å²) in [5.74, 6) is -0.509. The zero-order chi connectivity index (χ0) is 9.02. The van der Waals surface area contributed by atoms with E-state index in [1.165, 1.54) is 0 Å². The van der Waals surface area contributed by atoms with Gasteiger partial charge in [-0.3, -0.25) is 4.79 Å². The Balaban J connectivity index is 4.02. The molecule has 0 fully saturated rings. The minimum atomic E-state index is -1.21. The van der Waals surface area contributed by atoms with Gasteiger partial charge in [-0.05, 0) is 6.42 Å². The van der Waals surface area contributed by atoms with E-state index in [2.05, 4.69) is 0 Å². The molecule has 0 saturated carbocycles. The van der Waals surface area contributed by atoms with E-state index < -0.39 is 12.2 Å². The second-order valence-electron chi connectivity index (χ2n) is 2.98. The summed E-state index contributed by atoms with van der Waals surface area (Å²) in [6.45, 7) is 5.13. The molecule has 11 heavy (non-hydrogen) atoms. The third kappa shape index (κ3) is 2.99. The average Bonchev–Trinajstić information content (AvgIpc) is 2.00. The van der Waals surface area contributed by atoms with Crippen molar-refractivity contribution >= 4 is 5.78 Å². The zero-order valence-electron chi connectivity index (χ0n) is 7.24. The molecule has 0 aliphatic rings. The molecule has 0 saturated heterocycles. The van der Waals surface area contributed by atoms with E-state index in [0.29, 0.717) is 6.42 Å². The second kappa shape index (κ2) is 4.46. The SMILES string of the molecule is CCC(O)C(O)C(=O)C(C)C. The predicted molar refractivity (Wildman–Crippen MR) is 42.1 cm³/mol. The van der Waals surface area contributed by atoms with Gasteiger partial charge in [0.25, 0.3) is 0 Å². The number of hydrogen-bond donors (Lipinski definition) is 2. The van der Waals surface area contributed by atoms with Crippen molar-refractivity contribution in [3.05, 3.63) is 0 Å². The third-order valence-electron chi connectivity index (χ3n) is 1.64. The number of aliphatic hydroxyl groups is 2. The molecule has 0 aromatic heterocycles. The minimum Gasteiger partial charge on any atom is -0.390 e. The summed E-state index contributed by atoms with van der Waals surface area (Å²) < 4.78 is 0. The van der Waals surface area contributed by atoms with Crippen molar-refractivity contribution < 1.29 is 15.0 Å². The Labute approximate surface area is 67.0 Å². The molecule has 66 valence electrons. The number of hydrogen-bond acceptors (Lipinski definition) is 3. The van der Waals surface area contributed by atoms with E-state index in [1.54, 1.807) is 20.8 Å². The van der Waals surface area contributed by atoms with Crippen LogP contribution in [0.2, 0.25) is 0 Å². The van der Waals surface area contributed by atoms with Crippen LogP contribution in [0.3, 0.4) is 0 Å². The van der Waals surface area contributed by atoms with Gasteiger partial charge in [0.2, 0.25) is 0 Å². The second-order valence-corrected chi connectivity index (χ2v) is 2.98. The molecule has 2 atom stereocenters. The maximum Gasteiger partial charge on any atom is 0.166 e. The molecule has 2 N–H and O–H groups in total. The quantitative estimate of drug-likeness (QED) is 0.623. The smallest absolute Gasteiger partial charge is 0.166 e. The number of Topliss-reactive ketones (excluding diaryl/α,β-unsaturated/α-hetero) is 1. The van der Waals surface area contributed by atoms with Gasteiger partial charge in [0, 0.05) is 5.92 Å². The number of carbonyl (C=O) groups is 1. The van der Waals surface area contributed by atoms with E-state index in [0.717, 1.165) is 0 Å². The first-order valence-corrected chi connectivity index (χ1v) is 3.90. The van der Waals surface area contributed by atoms with Crippen LogP contribution in [-0.2, 0) is 4.79 Å². The van der Waals surface area contributed by atoms with Crippen LogP contribution < -0.4 is 0 Å². The molecule has 3 nitrogen and oxygen atoms in total. The van der Waals surface area contributed by atoms with Crippen molar-refractivity contribution in [2.75, 3.05) is 0 Å². The van der Waals surface area contributed by atoms with Gasteiger partial charge in [-0.1, -0.05) is 20.8 Å². The molecule has 0 spiro atoms. The minimum absolute atomic E-state index is 0.216. The van der Waals surface area contributed by atoms with E-state index in [1.807, 2.05) is 0 Å². The molecular weight excluding hydrogens is 144 g/mol. The van der Waals surface area contributed by atoms with E-state index in [9.17, 15) is 4.79 Å². The van der Waals surface area contributed by atoms with E-state index in [4.69, 9.17) is 10.2 Å². The van der Waals surface area contributed by atoms with Crippen LogP contribution in [-0.4, -0.2) is 28.2 Å². The Morgan fingerprint density at radius 1 is 1.36 bits per heavy atom. The molecule has 0 aromatic rings. The van der Waals surface area contributed by atoms with Crippen molar-refractivity contribution in [3.63, 3.8) is 0 Å². The van der Waals surface area contributed by atoms with Crippen molar-refractivity contribution in [2.24, 2.45) is 5.92 Å². The fourth-order valence-corrected chi connectivity index (χ4v) is 0.754. The molecule has 0 bridgehead atoms. The van der Waals surface area contributed by atoms with Crippen molar-refractivity contribution in [1.29, 1.82) is 0 Å². The van der Waals surface area contributed by atoms with Crippen LogP contribution >= 0.6 is 0 Å². The fraction of sp³-hybridized carbons (Fsp3) is 0.875. The van der Waals surface area contributed by atoms with Crippen LogP contribution in [0.25, 0.3) is 0 Å². The Kier molecular flexibility index (Phi) is 4.30. The Morgan fingerprint density at radius 2 is 1.82 bits per heavy atom. The van der Waals surface area contributed by atoms with Gasteiger partial charge in [-0.25, -0.2) is 0 Å². The molecule has 0 rings (SSSR count). The van der Waals surface area contributed by atoms with Crippen LogP contribution in [0, 0.1) is 5.92 Å². The van der Waals surface area contributed by atoms with Crippen LogP contribution in [0.4, 0.5) is 0 Å². The molecule has 0 aromatic carbocycles. The monoisotopic (exact) mass is 160 g/mol. The van der Waals surface area contributed by atoms with Crippen molar-refractivity contribution in [3.8, 4) is 0 Å². The summed E-state index contributed by atoms with van der Waals surface area (Å²) in [6, 6.07) is 0. The van der Waals surface area contributed by atoms with Gasteiger partial charge in [-0.15, -0.1) is 0 Å². The lowest BCUT2D eigenvalue weighted by Gasteiger charge is -2.16. The Bertz CT molecular complexity index is 131. The molecule has 2 unspecified atom stereocenters. The van der Waals surface area contributed by atoms with Crippen LogP contribution in [0.15, 0.2) is 0 Å². The summed E-state index contributed by atoms with van der Waals surface area (Å²) >= 11 is 0. The maximum absolute atomic E-state index is 11.0. The highest BCUT2D eigenvalue weighted by molar-refractivity contribution is 5.85. The highest BCUT2D eigenvalue weighted by Crippen LogP contribution is 2.05. The number of rotatable bonds is 4. The lowest BCUT2D eigenvalue weighted by molar-refractivity contribution is -0.136. The first-order valence-electron chi connectivity index (χ1n) is 3.90. The summed E-state index contributed by atoms with van der Waals surface area (Å²) in [6.07, 6.45) is -1.72. The lowest BCUT2D eigenvalue weighted by atomic mass is 9.99. The first-order chi connectivity index (χ1) is 5.00. The molecule has 0 heterocycles. The van der Waals surface area contributed by atoms with Crippen LogP contribution in [0.1, 0.15) is 27.2 Å². The standard InChI is InChI=1S/C8H16O3/c1-4-6(9)8(11)7(10)5(2)3/h5-6,8-9,11H,4H2,1-3H3. The van der Waals surface area contributed by atoms with Gasteiger partial charge < -0.3 is 10.2 Å². The summed E-state index contributed by atoms with van der Waals surface area (Å²) in [7, 11) is 0. The Hall–Kier alpha value is -0.410. The lowest BCUT2D eigenvalue weighted by Crippen LogP contribution is -2.35. The van der Waals surface area contributed by atoms with Crippen molar-refractivity contribution in [1.82, 2.24) is 0 Å². The third-order valence-corrected chi connectivity index (χ3v) is 1.64.